The van der Waals surface area contributed by atoms with E-state index in [0.717, 1.165) is 70.8 Å². The number of nitrogen functional groups attached to an aromatic ring is 1. The van der Waals surface area contributed by atoms with E-state index in [1.807, 2.05) is 0 Å². The summed E-state index contributed by atoms with van der Waals surface area (Å²) in [6.45, 7) is -0.470. The zero-order valence-corrected chi connectivity index (χ0v) is 43.3. The van der Waals surface area contributed by atoms with Gasteiger partial charge in [-0.1, -0.05) is 96.8 Å². The maximum absolute atomic E-state index is 13.6. The summed E-state index contributed by atoms with van der Waals surface area (Å²) < 4.78 is 68.8. The highest BCUT2D eigenvalue weighted by Gasteiger charge is 2.57. The number of hydrogen-bond donors (Lipinski definition) is 5. The molecular weight excluding hydrogens is 1000 g/mol. The average molecular weight is 1070 g/mol. The molecule has 2 saturated heterocycles. The maximum Gasteiger partial charge on any atom is 0.481 e. The van der Waals surface area contributed by atoms with Crippen LogP contribution in [0.25, 0.3) is 11.0 Å². The van der Waals surface area contributed by atoms with E-state index in [1.54, 1.807) is 0 Å². The Bertz CT molecular complexity index is 2160. The van der Waals surface area contributed by atoms with Crippen LogP contribution in [0.3, 0.4) is 0 Å². The van der Waals surface area contributed by atoms with Crippen molar-refractivity contribution in [3.63, 3.8) is 0 Å². The second-order valence-corrected chi connectivity index (χ2v) is 21.7. The van der Waals surface area contributed by atoms with E-state index < -0.39 is 119 Å². The van der Waals surface area contributed by atoms with Crippen molar-refractivity contribution >= 4 is 73.0 Å². The van der Waals surface area contributed by atoms with Crippen molar-refractivity contribution < 1.29 is 95.1 Å². The molecule has 2 aromatic rings. The highest BCUT2D eigenvalue weighted by atomic mass is 32.5. The quantitative estimate of drug-likeness (QED) is 0.0297. The Kier molecular flexibility index (Phi) is 24.6. The lowest BCUT2D eigenvalue weighted by Gasteiger charge is -2.45. The smallest absolute Gasteiger partial charge is 0.462 e. The number of nitrogens with two attached hydrogens (primary N) is 1. The summed E-state index contributed by atoms with van der Waals surface area (Å²) >= 11 is 4.96. The van der Waals surface area contributed by atoms with Gasteiger partial charge in [-0.2, -0.15) is 5.10 Å². The third-order valence-corrected chi connectivity index (χ3v) is 14.9. The predicted octanol–water partition coefficient (Wildman–Crippen LogP) is 4.65. The first-order chi connectivity index (χ1) is 33.6. The first kappa shape index (κ1) is 59.8. The number of carbonyl (C=O) groups is 5. The number of nitrogens with zero attached hydrogens (tertiary/aromatic N) is 4. The Morgan fingerprint density at radius 2 is 1.32 bits per heavy atom. The SMILES string of the molecule is CCCCCCCCCCCCCCCCCC(=O)OC[C@@H](OC(C)=O)[C@H]1O[C@@H](OP(=O)(O)OP(O)(=S)OC[C@H]2O[C@@H](n3ncc4c(N)ncnc43)[C@H](O)[C@@H]2O)[C@@H](OC(C)=O)[C@@H](OC(C)=O)[C@@H]1OC(C)=O. The van der Waals surface area contributed by atoms with Crippen molar-refractivity contribution in [2.45, 2.75) is 199 Å². The second kappa shape index (κ2) is 29.2. The molecule has 4 heterocycles. The molecule has 12 atom stereocenters. The van der Waals surface area contributed by atoms with Crippen LogP contribution >= 0.6 is 14.5 Å². The number of hydrogen-bond acceptors (Lipinski definition) is 23. The summed E-state index contributed by atoms with van der Waals surface area (Å²) in [4.78, 5) is 92.7. The highest BCUT2D eigenvalue weighted by Crippen LogP contribution is 2.62. The minimum Gasteiger partial charge on any atom is -0.462 e. The number of esters is 5. The van der Waals surface area contributed by atoms with E-state index in [4.69, 9.17) is 64.1 Å². The standard InChI is InChI=1S/C43H69N5O20P2S/c1-6-7-8-9-10-11-12-13-14-15-16-17-18-19-20-21-33(53)59-23-32(61-26(2)49)36-37(62-27(3)50)38(63-28(4)51)39(64-29(5)52)43(66-36)67-69(56,57)68-70(58,71)60-24-31-34(54)35(55)42(65-31)48-41-30(22-47-48)40(44)45-25-46-41/h22,25,31-32,34-39,42-43,54-55H,6-21,23-24H2,1-5H3,(H,56,57)(H,58,71)(H2,44,45,46)/t31-,32-,34-,35-,36-,37-,38+,39+,42-,43+,70?/m1/s1. The molecule has 0 saturated carbocycles. The van der Waals surface area contributed by atoms with Crippen LogP contribution in [-0.2, 0) is 86.9 Å². The zero-order valence-electron chi connectivity index (χ0n) is 40.6. The van der Waals surface area contributed by atoms with Gasteiger partial charge in [0.15, 0.2) is 36.3 Å². The monoisotopic (exact) mass is 1070 g/mol. The van der Waals surface area contributed by atoms with Crippen molar-refractivity contribution in [1.29, 1.82) is 0 Å². The summed E-state index contributed by atoms with van der Waals surface area (Å²) in [5, 5.41) is 26.0. The van der Waals surface area contributed by atoms with Crippen molar-refractivity contribution in [1.82, 2.24) is 19.7 Å². The third-order valence-electron chi connectivity index (χ3n) is 11.4. The molecule has 2 unspecified atom stereocenters. The first-order valence-corrected chi connectivity index (χ1v) is 27.9. The normalized spacial score (nSPS) is 25.4. The minimum absolute atomic E-state index is 0.0000462. The van der Waals surface area contributed by atoms with Crippen LogP contribution in [0, 0.1) is 0 Å². The summed E-state index contributed by atoms with van der Waals surface area (Å²) in [5.74, 6) is -4.71. The fourth-order valence-corrected chi connectivity index (χ4v) is 11.2. The largest absolute Gasteiger partial charge is 0.481 e. The maximum atomic E-state index is 13.6. The van der Waals surface area contributed by atoms with Gasteiger partial charge in [-0.05, 0) is 18.2 Å². The lowest BCUT2D eigenvalue weighted by Crippen LogP contribution is -2.65. The Balaban J connectivity index is 1.40. The van der Waals surface area contributed by atoms with Gasteiger partial charge in [-0.15, -0.1) is 0 Å². The molecule has 2 aliphatic rings. The molecule has 0 amide bonds. The number of fused-ring (bicyclic) bond motifs is 1. The molecule has 6 N–H and O–H groups in total. The molecule has 2 aliphatic heterocycles. The van der Waals surface area contributed by atoms with Gasteiger partial charge in [-0.3, -0.25) is 28.5 Å². The number of aromatic nitrogens is 4. The molecule has 0 aromatic carbocycles. The van der Waals surface area contributed by atoms with Crippen LogP contribution < -0.4 is 5.73 Å². The van der Waals surface area contributed by atoms with E-state index >= 15 is 0 Å². The van der Waals surface area contributed by atoms with E-state index in [2.05, 4.69) is 22.0 Å². The topological polar surface area (TPSA) is 345 Å². The van der Waals surface area contributed by atoms with Gasteiger partial charge in [0.05, 0.1) is 18.2 Å². The number of unbranched alkanes of at least 4 members (excludes halogenated alkanes) is 14. The summed E-state index contributed by atoms with van der Waals surface area (Å²) in [6, 6.07) is 0. The number of ether oxygens (including phenoxy) is 7. The van der Waals surface area contributed by atoms with Crippen LogP contribution in [0.2, 0.25) is 0 Å². The Morgan fingerprint density at radius 3 is 1.89 bits per heavy atom. The fourth-order valence-electron chi connectivity index (χ4n) is 8.09. The van der Waals surface area contributed by atoms with Crippen molar-refractivity contribution in [3.05, 3.63) is 12.5 Å². The molecule has 0 aliphatic carbocycles. The number of rotatable bonds is 31. The predicted molar refractivity (Wildman–Crippen MR) is 251 cm³/mol. The van der Waals surface area contributed by atoms with Gasteiger partial charge in [0, 0.05) is 34.1 Å². The van der Waals surface area contributed by atoms with Crippen molar-refractivity contribution in [3.8, 4) is 0 Å². The zero-order chi connectivity index (χ0) is 52.3. The fraction of sp³-hybridized carbons (Fsp3) is 0.767. The first-order valence-electron chi connectivity index (χ1n) is 23.8. The molecule has 25 nitrogen and oxygen atoms in total. The van der Waals surface area contributed by atoms with Crippen LogP contribution in [0.5, 0.6) is 0 Å². The Labute approximate surface area is 416 Å². The van der Waals surface area contributed by atoms with Gasteiger partial charge in [0.2, 0.25) is 6.29 Å². The van der Waals surface area contributed by atoms with Gasteiger partial charge >= 0.3 is 44.4 Å². The van der Waals surface area contributed by atoms with Gasteiger partial charge in [0.1, 0.15) is 43.2 Å². The van der Waals surface area contributed by atoms with Gasteiger partial charge in [-0.25, -0.2) is 23.5 Å². The number of carbonyl (C=O) groups excluding carboxylic acids is 5. The Hall–Kier alpha value is -3.78. The molecular formula is C43H69N5O20P2S. The number of anilines is 1. The second-order valence-electron chi connectivity index (χ2n) is 17.3. The number of aliphatic hydroxyl groups excluding tert-OH is 2. The third kappa shape index (κ3) is 19.5. The molecule has 0 spiro atoms. The summed E-state index contributed by atoms with van der Waals surface area (Å²) in [5.41, 5.74) is 6.01. The van der Waals surface area contributed by atoms with Crippen LogP contribution in [0.1, 0.15) is 144 Å². The molecule has 0 radical (unpaired) electrons. The van der Waals surface area contributed by atoms with Crippen molar-refractivity contribution in [2.75, 3.05) is 18.9 Å². The van der Waals surface area contributed by atoms with Gasteiger partial charge < -0.3 is 63.4 Å². The van der Waals surface area contributed by atoms with Crippen LogP contribution in [0.4, 0.5) is 5.82 Å². The number of phosphoric acid groups is 1. The summed E-state index contributed by atoms with van der Waals surface area (Å²) in [7, 11) is -5.78. The average Bonchev–Trinajstić information content (AvgIpc) is 3.83. The molecule has 0 bridgehead atoms. The van der Waals surface area contributed by atoms with Crippen molar-refractivity contribution in [2.24, 2.45) is 0 Å². The van der Waals surface area contributed by atoms with E-state index in [1.165, 1.54) is 64.0 Å². The molecule has 2 fully saturated rings. The van der Waals surface area contributed by atoms with Crippen LogP contribution in [0.15, 0.2) is 12.5 Å². The lowest BCUT2D eigenvalue weighted by atomic mass is 9.94. The minimum atomic E-state index is -5.78. The lowest BCUT2D eigenvalue weighted by molar-refractivity contribution is -0.301. The van der Waals surface area contributed by atoms with E-state index in [0.29, 0.717) is 11.8 Å². The molecule has 71 heavy (non-hydrogen) atoms. The molecule has 4 rings (SSSR count). The van der Waals surface area contributed by atoms with Crippen LogP contribution in [-0.4, -0.2) is 138 Å². The highest BCUT2D eigenvalue weighted by molar-refractivity contribution is 8.08. The van der Waals surface area contributed by atoms with Gasteiger partial charge in [0.25, 0.3) is 0 Å². The Morgan fingerprint density at radius 1 is 0.775 bits per heavy atom. The molecule has 2 aromatic heterocycles. The van der Waals surface area contributed by atoms with E-state index in [9.17, 15) is 48.5 Å². The van der Waals surface area contributed by atoms with E-state index in [-0.39, 0.29) is 17.9 Å². The molecule has 28 heteroatoms. The summed E-state index contributed by atoms with van der Waals surface area (Å²) in [6.07, 6.45) is 1.47. The number of phosphoric ester groups is 1. The molecule has 402 valence electrons. The number of aliphatic hydroxyl groups is 2.